The fraction of sp³-hybridized carbons (Fsp3) is 0.812. The Bertz CT molecular complexity index is 288. The van der Waals surface area contributed by atoms with E-state index in [9.17, 15) is 9.59 Å². The van der Waals surface area contributed by atoms with Crippen LogP contribution in [0.25, 0.3) is 0 Å². The Hall–Kier alpha value is 0.234. The van der Waals surface area contributed by atoms with E-state index >= 15 is 0 Å². The SMILES string of the molecule is CC(C)(C)C(=O)CCCOCCO.[CH2-]C(=O)C(C)(C)C.[Y]. The molecule has 0 atom stereocenters. The first-order valence-electron chi connectivity index (χ1n) is 7.01. The quantitative estimate of drug-likeness (QED) is 0.572. The summed E-state index contributed by atoms with van der Waals surface area (Å²) in [5, 5.41) is 8.41. The van der Waals surface area contributed by atoms with E-state index in [0.29, 0.717) is 19.6 Å². The molecule has 0 aromatic rings. The number of carbonyl (C=O) groups is 2. The second-order valence-electron chi connectivity index (χ2n) is 6.79. The normalized spacial score (nSPS) is 11.0. The molecule has 0 saturated carbocycles. The number of ketones is 2. The third-order valence-electron chi connectivity index (χ3n) is 2.60. The minimum Gasteiger partial charge on any atom is -0.394 e. The summed E-state index contributed by atoms with van der Waals surface area (Å²) in [7, 11) is 0. The number of ether oxygens (including phenoxy) is 1. The van der Waals surface area contributed by atoms with E-state index in [2.05, 4.69) is 6.92 Å². The van der Waals surface area contributed by atoms with Gasteiger partial charge in [0.15, 0.2) is 0 Å². The average molecular weight is 376 g/mol. The molecular weight excluding hydrogens is 345 g/mol. The number of rotatable bonds is 6. The summed E-state index contributed by atoms with van der Waals surface area (Å²) in [5.41, 5.74) is -0.489. The van der Waals surface area contributed by atoms with Crippen molar-refractivity contribution in [3.8, 4) is 0 Å². The molecule has 0 amide bonds. The fourth-order valence-corrected chi connectivity index (χ4v) is 0.876. The van der Waals surface area contributed by atoms with Gasteiger partial charge in [-0.25, -0.2) is 0 Å². The summed E-state index contributed by atoms with van der Waals surface area (Å²) in [5.74, 6) is 0.257. The predicted molar refractivity (Wildman–Crippen MR) is 81.4 cm³/mol. The number of Topliss-reactive ketones (excluding diaryl/α,β-unsaturated/α-hetero) is 2. The first-order chi connectivity index (χ1) is 8.92. The van der Waals surface area contributed by atoms with Crippen LogP contribution in [0.1, 0.15) is 54.4 Å². The van der Waals surface area contributed by atoms with Crippen LogP contribution in [0.3, 0.4) is 0 Å². The van der Waals surface area contributed by atoms with E-state index in [1.54, 1.807) is 0 Å². The molecule has 5 heteroatoms. The van der Waals surface area contributed by atoms with Gasteiger partial charge in [-0.15, -0.1) is 0 Å². The standard InChI is InChI=1S/C10H20O3.C6H11O.Y/c1-10(2,3)9(12)5-4-7-13-8-6-11;1-5(7)6(2,3)4;/h11H,4-8H2,1-3H3;1H2,2-4H3;/q;-1;. The number of aliphatic hydroxyl groups excluding tert-OH is 1. The van der Waals surface area contributed by atoms with E-state index in [1.165, 1.54) is 0 Å². The molecule has 21 heavy (non-hydrogen) atoms. The number of carbonyl (C=O) groups excluding carboxylic acids is 2. The molecule has 123 valence electrons. The molecule has 0 unspecified atom stereocenters. The molecule has 0 aliphatic carbocycles. The molecule has 4 nitrogen and oxygen atoms in total. The van der Waals surface area contributed by atoms with Crippen molar-refractivity contribution in [2.45, 2.75) is 54.4 Å². The first-order valence-corrected chi connectivity index (χ1v) is 7.01. The van der Waals surface area contributed by atoms with Crippen molar-refractivity contribution in [1.82, 2.24) is 0 Å². The van der Waals surface area contributed by atoms with E-state index < -0.39 is 0 Å². The molecule has 0 rings (SSSR count). The van der Waals surface area contributed by atoms with Gasteiger partial charge in [-0.3, -0.25) is 4.79 Å². The summed E-state index contributed by atoms with van der Waals surface area (Å²) in [6, 6.07) is 0. The van der Waals surface area contributed by atoms with Crippen LogP contribution in [0.15, 0.2) is 0 Å². The second-order valence-corrected chi connectivity index (χ2v) is 6.79. The summed E-state index contributed by atoms with van der Waals surface area (Å²) < 4.78 is 5.04. The van der Waals surface area contributed by atoms with Crippen molar-refractivity contribution in [3.05, 3.63) is 6.92 Å². The Morgan fingerprint density at radius 3 is 1.71 bits per heavy atom. The summed E-state index contributed by atoms with van der Waals surface area (Å²) in [6.45, 7) is 15.6. The number of hydrogen-bond acceptors (Lipinski definition) is 4. The van der Waals surface area contributed by atoms with E-state index in [0.717, 1.165) is 6.42 Å². The van der Waals surface area contributed by atoms with Gasteiger partial charge < -0.3 is 21.6 Å². The molecule has 0 spiro atoms. The van der Waals surface area contributed by atoms with E-state index in [-0.39, 0.29) is 61.7 Å². The summed E-state index contributed by atoms with van der Waals surface area (Å²) >= 11 is 0. The second kappa shape index (κ2) is 12.7. The van der Waals surface area contributed by atoms with Gasteiger partial charge >= 0.3 is 0 Å². The summed E-state index contributed by atoms with van der Waals surface area (Å²) in [4.78, 5) is 21.7. The Morgan fingerprint density at radius 1 is 1.00 bits per heavy atom. The molecule has 0 heterocycles. The Morgan fingerprint density at radius 2 is 1.43 bits per heavy atom. The van der Waals surface area contributed by atoms with E-state index in [4.69, 9.17) is 9.84 Å². The largest absolute Gasteiger partial charge is 0.394 e. The van der Waals surface area contributed by atoms with Crippen molar-refractivity contribution >= 4 is 11.6 Å². The maximum absolute atomic E-state index is 11.4. The zero-order chi connectivity index (χ0) is 16.4. The minimum atomic E-state index is -0.250. The van der Waals surface area contributed by atoms with Crippen LogP contribution in [0.4, 0.5) is 0 Å². The van der Waals surface area contributed by atoms with E-state index in [1.807, 2.05) is 41.5 Å². The Balaban J connectivity index is -0.000000347. The fourth-order valence-electron chi connectivity index (χ4n) is 0.876. The number of aliphatic hydroxyl groups is 1. The van der Waals surface area contributed by atoms with Gasteiger partial charge in [0.25, 0.3) is 0 Å². The van der Waals surface area contributed by atoms with Crippen LogP contribution < -0.4 is 0 Å². The molecule has 0 aromatic heterocycles. The average Bonchev–Trinajstić information content (AvgIpc) is 2.26. The van der Waals surface area contributed by atoms with Crippen molar-refractivity contribution < 1.29 is 52.1 Å². The van der Waals surface area contributed by atoms with Crippen LogP contribution >= 0.6 is 0 Å². The summed E-state index contributed by atoms with van der Waals surface area (Å²) in [6.07, 6.45) is 1.31. The maximum Gasteiger partial charge on any atom is 0.138 e. The van der Waals surface area contributed by atoms with Gasteiger partial charge in [0.2, 0.25) is 0 Å². The molecule has 1 N–H and O–H groups in total. The van der Waals surface area contributed by atoms with Crippen molar-refractivity contribution in [2.24, 2.45) is 10.8 Å². The van der Waals surface area contributed by atoms with Crippen LogP contribution in [0.2, 0.25) is 0 Å². The van der Waals surface area contributed by atoms with Gasteiger partial charge in [-0.2, -0.15) is 0 Å². The third kappa shape index (κ3) is 18.2. The van der Waals surface area contributed by atoms with Crippen LogP contribution in [0, 0.1) is 17.8 Å². The van der Waals surface area contributed by atoms with Crippen molar-refractivity contribution in [2.75, 3.05) is 19.8 Å². The molecule has 0 aliphatic rings. The topological polar surface area (TPSA) is 63.6 Å². The van der Waals surface area contributed by atoms with Crippen LogP contribution in [-0.4, -0.2) is 36.5 Å². The number of hydrogen-bond donors (Lipinski definition) is 1. The molecule has 0 saturated heterocycles. The van der Waals surface area contributed by atoms with Crippen molar-refractivity contribution in [1.29, 1.82) is 0 Å². The zero-order valence-electron chi connectivity index (χ0n) is 14.5. The maximum atomic E-state index is 11.4. The molecule has 0 bridgehead atoms. The minimum absolute atomic E-state index is 0. The Labute approximate surface area is 155 Å². The third-order valence-corrected chi connectivity index (χ3v) is 2.60. The van der Waals surface area contributed by atoms with Gasteiger partial charge in [0, 0.05) is 56.9 Å². The van der Waals surface area contributed by atoms with Crippen LogP contribution in [-0.2, 0) is 47.0 Å². The first kappa shape index (κ1) is 26.1. The monoisotopic (exact) mass is 376 g/mol. The van der Waals surface area contributed by atoms with Crippen molar-refractivity contribution in [3.63, 3.8) is 0 Å². The molecule has 1 radical (unpaired) electrons. The zero-order valence-corrected chi connectivity index (χ0v) is 17.3. The van der Waals surface area contributed by atoms with Gasteiger partial charge in [-0.05, 0) is 11.8 Å². The molecule has 0 fully saturated rings. The Kier molecular flexibility index (Phi) is 15.9. The predicted octanol–water partition coefficient (Wildman–Crippen LogP) is 2.82. The smallest absolute Gasteiger partial charge is 0.138 e. The molecule has 0 aromatic carbocycles. The van der Waals surface area contributed by atoms with Crippen LogP contribution in [0.5, 0.6) is 0 Å². The van der Waals surface area contributed by atoms with Gasteiger partial charge in [0.05, 0.1) is 13.2 Å². The van der Waals surface area contributed by atoms with Gasteiger partial charge in [-0.1, -0.05) is 41.5 Å². The van der Waals surface area contributed by atoms with Gasteiger partial charge in [0.1, 0.15) is 5.78 Å². The molecule has 0 aliphatic heterocycles. The molecular formula is C16H31O4Y-.